The first-order valence-electron chi connectivity index (χ1n) is 5.01. The maximum Gasteiger partial charge on any atom is 0.291 e. The van der Waals surface area contributed by atoms with Crippen molar-refractivity contribution in [2.24, 2.45) is 0 Å². The highest BCUT2D eigenvalue weighted by Gasteiger charge is 2.07. The number of nitrogens with zero attached hydrogens (tertiary/aromatic N) is 1. The maximum absolute atomic E-state index is 11.9. The Morgan fingerprint density at radius 1 is 0.812 bits per heavy atom. The van der Waals surface area contributed by atoms with E-state index in [0.717, 1.165) is 10.8 Å². The zero-order valence-electron chi connectivity index (χ0n) is 8.42. The fourth-order valence-corrected chi connectivity index (χ4v) is 2.01. The summed E-state index contributed by atoms with van der Waals surface area (Å²) in [5.41, 5.74) is 0.153. The van der Waals surface area contributed by atoms with Gasteiger partial charge in [0.05, 0.1) is 10.9 Å². The van der Waals surface area contributed by atoms with Crippen LogP contribution in [0.5, 0.6) is 0 Å². The first-order valence-corrected chi connectivity index (χ1v) is 5.01. The monoisotopic (exact) mass is 211 g/mol. The minimum Gasteiger partial charge on any atom is -0.425 e. The Kier molecular flexibility index (Phi) is 1.74. The Hall–Kier alpha value is -2.29. The summed E-state index contributed by atoms with van der Waals surface area (Å²) in [5, 5.41) is 12.0. The summed E-state index contributed by atoms with van der Waals surface area (Å²) >= 11 is 0. The van der Waals surface area contributed by atoms with Crippen molar-refractivity contribution in [3.05, 3.63) is 58.9 Å². The molecule has 1 heterocycles. The van der Waals surface area contributed by atoms with E-state index in [0.29, 0.717) is 15.6 Å². The first kappa shape index (κ1) is 8.97. The van der Waals surface area contributed by atoms with Crippen molar-refractivity contribution in [1.82, 2.24) is 4.73 Å². The third-order valence-electron chi connectivity index (χ3n) is 2.77. The van der Waals surface area contributed by atoms with E-state index in [1.165, 1.54) is 0 Å². The molecule has 2 aromatic carbocycles. The molecule has 0 atom stereocenters. The normalized spacial score (nSPS) is 11.0. The number of hydrogen-bond acceptors (Lipinski definition) is 2. The first-order chi connectivity index (χ1) is 7.79. The summed E-state index contributed by atoms with van der Waals surface area (Å²) < 4.78 is 0.706. The van der Waals surface area contributed by atoms with E-state index < -0.39 is 0 Å². The van der Waals surface area contributed by atoms with Gasteiger partial charge in [-0.3, -0.25) is 4.79 Å². The maximum atomic E-state index is 11.9. The van der Waals surface area contributed by atoms with Crippen LogP contribution in [0.15, 0.2) is 53.3 Å². The fourth-order valence-electron chi connectivity index (χ4n) is 2.01. The van der Waals surface area contributed by atoms with Crippen LogP contribution in [0.1, 0.15) is 0 Å². The molecule has 1 aromatic heterocycles. The van der Waals surface area contributed by atoms with Crippen LogP contribution in [0.2, 0.25) is 0 Å². The molecule has 0 unspecified atom stereocenters. The largest absolute Gasteiger partial charge is 0.425 e. The van der Waals surface area contributed by atoms with Crippen LogP contribution in [-0.4, -0.2) is 9.94 Å². The van der Waals surface area contributed by atoms with Gasteiger partial charge in [0.2, 0.25) is 0 Å². The number of rotatable bonds is 0. The molecule has 3 aromatic rings. The third-order valence-corrected chi connectivity index (χ3v) is 2.77. The second kappa shape index (κ2) is 3.10. The predicted octanol–water partition coefficient (Wildman–Crippen LogP) is 2.39. The average molecular weight is 211 g/mol. The molecule has 1 N–H and O–H groups in total. The molecule has 78 valence electrons. The summed E-state index contributed by atoms with van der Waals surface area (Å²) in [6, 6.07) is 14.6. The van der Waals surface area contributed by atoms with Crippen molar-refractivity contribution in [1.29, 1.82) is 0 Å². The highest BCUT2D eigenvalue weighted by Crippen LogP contribution is 2.21. The minimum absolute atomic E-state index is 0.380. The van der Waals surface area contributed by atoms with Crippen LogP contribution in [0, 0.1) is 0 Å². The van der Waals surface area contributed by atoms with Crippen molar-refractivity contribution in [2.45, 2.75) is 0 Å². The lowest BCUT2D eigenvalue weighted by atomic mass is 10.1. The lowest BCUT2D eigenvalue weighted by Crippen LogP contribution is -2.18. The van der Waals surface area contributed by atoms with Crippen molar-refractivity contribution >= 4 is 21.7 Å². The van der Waals surface area contributed by atoms with Crippen molar-refractivity contribution in [2.75, 3.05) is 0 Å². The smallest absolute Gasteiger partial charge is 0.291 e. The highest BCUT2D eigenvalue weighted by molar-refractivity contribution is 6.05. The Balaban J connectivity index is 2.74. The zero-order chi connectivity index (χ0) is 11.1. The molecule has 3 rings (SSSR count). The summed E-state index contributed by atoms with van der Waals surface area (Å²) in [7, 11) is 0. The fraction of sp³-hybridized carbons (Fsp3) is 0. The van der Waals surface area contributed by atoms with E-state index in [9.17, 15) is 10.0 Å². The summed E-state index contributed by atoms with van der Waals surface area (Å²) in [5.74, 6) is 0. The van der Waals surface area contributed by atoms with Crippen LogP contribution in [-0.2, 0) is 0 Å². The van der Waals surface area contributed by atoms with Crippen molar-refractivity contribution in [3.8, 4) is 0 Å². The van der Waals surface area contributed by atoms with Gasteiger partial charge < -0.3 is 5.21 Å². The zero-order valence-corrected chi connectivity index (χ0v) is 8.42. The van der Waals surface area contributed by atoms with Gasteiger partial charge in [-0.05, 0) is 17.5 Å². The standard InChI is InChI=1S/C13H9NO2/c15-13-11-7-2-1-5-9(11)10-6-3-4-8-12(10)14(13)16/h1-8,16H. The molecule has 3 nitrogen and oxygen atoms in total. The summed E-state index contributed by atoms with van der Waals surface area (Å²) in [6.07, 6.45) is 0. The molecule has 0 aliphatic heterocycles. The molecule has 3 heteroatoms. The van der Waals surface area contributed by atoms with Gasteiger partial charge in [0.1, 0.15) is 0 Å². The molecule has 0 amide bonds. The van der Waals surface area contributed by atoms with Gasteiger partial charge in [0, 0.05) is 5.39 Å². The molecule has 0 fully saturated rings. The van der Waals surface area contributed by atoms with E-state index in [1.807, 2.05) is 24.3 Å². The summed E-state index contributed by atoms with van der Waals surface area (Å²) in [4.78, 5) is 11.9. The highest BCUT2D eigenvalue weighted by atomic mass is 16.5. The lowest BCUT2D eigenvalue weighted by Gasteiger charge is -2.06. The number of benzene rings is 2. The van der Waals surface area contributed by atoms with Gasteiger partial charge in [-0.1, -0.05) is 36.4 Å². The lowest BCUT2D eigenvalue weighted by molar-refractivity contribution is 0.190. The van der Waals surface area contributed by atoms with Crippen LogP contribution in [0.3, 0.4) is 0 Å². The molecular weight excluding hydrogens is 202 g/mol. The second-order valence-electron chi connectivity index (χ2n) is 3.68. The van der Waals surface area contributed by atoms with E-state index in [2.05, 4.69) is 0 Å². The quantitative estimate of drug-likeness (QED) is 0.458. The minimum atomic E-state index is -0.380. The third kappa shape index (κ3) is 1.05. The van der Waals surface area contributed by atoms with E-state index in [1.54, 1.807) is 24.3 Å². The van der Waals surface area contributed by atoms with Gasteiger partial charge >= 0.3 is 0 Å². The molecule has 0 aliphatic rings. The molecule has 0 saturated carbocycles. The van der Waals surface area contributed by atoms with Crippen LogP contribution in [0.25, 0.3) is 21.7 Å². The van der Waals surface area contributed by atoms with Crippen LogP contribution >= 0.6 is 0 Å². The molecule has 0 saturated heterocycles. The van der Waals surface area contributed by atoms with Crippen LogP contribution in [0.4, 0.5) is 0 Å². The van der Waals surface area contributed by atoms with E-state index >= 15 is 0 Å². The molecule has 0 radical (unpaired) electrons. The molecular formula is C13H9NO2. The van der Waals surface area contributed by atoms with Gasteiger partial charge in [-0.25, -0.2) is 0 Å². The van der Waals surface area contributed by atoms with Crippen molar-refractivity contribution in [3.63, 3.8) is 0 Å². The summed E-state index contributed by atoms with van der Waals surface area (Å²) in [6.45, 7) is 0. The van der Waals surface area contributed by atoms with Gasteiger partial charge in [0.25, 0.3) is 5.56 Å². The number of pyridine rings is 1. The Morgan fingerprint density at radius 2 is 1.38 bits per heavy atom. The Morgan fingerprint density at radius 3 is 2.12 bits per heavy atom. The number of aromatic nitrogens is 1. The predicted molar refractivity (Wildman–Crippen MR) is 62.9 cm³/mol. The Labute approximate surface area is 91.1 Å². The van der Waals surface area contributed by atoms with E-state index in [-0.39, 0.29) is 5.56 Å². The number of hydrogen-bond donors (Lipinski definition) is 1. The Bertz CT molecular complexity index is 744. The SMILES string of the molecule is O=c1c2ccccc2c2ccccc2n1O. The van der Waals surface area contributed by atoms with Gasteiger partial charge in [-0.15, -0.1) is 4.73 Å². The van der Waals surface area contributed by atoms with Gasteiger partial charge in [-0.2, -0.15) is 0 Å². The van der Waals surface area contributed by atoms with Gasteiger partial charge in [0.15, 0.2) is 0 Å². The van der Waals surface area contributed by atoms with Crippen LogP contribution < -0.4 is 5.56 Å². The topological polar surface area (TPSA) is 42.2 Å². The molecule has 0 bridgehead atoms. The number of fused-ring (bicyclic) bond motifs is 3. The second-order valence-corrected chi connectivity index (χ2v) is 3.68. The average Bonchev–Trinajstić information content (AvgIpc) is 2.36. The molecule has 0 spiro atoms. The molecule has 0 aliphatic carbocycles. The van der Waals surface area contributed by atoms with E-state index in [4.69, 9.17) is 0 Å². The number of para-hydroxylation sites is 1. The molecule has 16 heavy (non-hydrogen) atoms. The van der Waals surface area contributed by atoms with Crippen molar-refractivity contribution < 1.29 is 5.21 Å².